The van der Waals surface area contributed by atoms with Crippen molar-refractivity contribution in [1.82, 2.24) is 0 Å². The van der Waals surface area contributed by atoms with Crippen LogP contribution in [-0.4, -0.2) is 12.4 Å². The van der Waals surface area contributed by atoms with E-state index >= 15 is 0 Å². The van der Waals surface area contributed by atoms with E-state index in [4.69, 9.17) is 5.73 Å². The molecular formula is C14H20N2. The number of amidine groups is 1. The highest BCUT2D eigenvalue weighted by molar-refractivity contribution is 5.83. The quantitative estimate of drug-likeness (QED) is 0.610. The minimum atomic E-state index is 0.566. The number of benzene rings is 1. The lowest BCUT2D eigenvalue weighted by molar-refractivity contribution is 0.715. The zero-order chi connectivity index (χ0) is 11.2. The first kappa shape index (κ1) is 11.2. The van der Waals surface area contributed by atoms with Crippen LogP contribution in [-0.2, 0) is 6.42 Å². The lowest BCUT2D eigenvalue weighted by Gasteiger charge is -2.07. The Kier molecular flexibility index (Phi) is 3.97. The van der Waals surface area contributed by atoms with Crippen molar-refractivity contribution in [3.8, 4) is 0 Å². The standard InChI is InChI=1S/C14H20N2/c15-14(13-8-4-5-9-13)16-11-10-12-6-2-1-3-7-12/h1-3,6-7,13H,4-5,8-11H2,(H2,15,16). The van der Waals surface area contributed by atoms with Crippen molar-refractivity contribution in [1.29, 1.82) is 0 Å². The molecule has 0 radical (unpaired) electrons. The molecule has 86 valence electrons. The van der Waals surface area contributed by atoms with Gasteiger partial charge in [-0.2, -0.15) is 0 Å². The fraction of sp³-hybridized carbons (Fsp3) is 0.500. The molecule has 1 aromatic carbocycles. The molecule has 2 heteroatoms. The molecule has 2 N–H and O–H groups in total. The largest absolute Gasteiger partial charge is 0.387 e. The minimum absolute atomic E-state index is 0.566. The summed E-state index contributed by atoms with van der Waals surface area (Å²) in [6.45, 7) is 0.826. The zero-order valence-corrected chi connectivity index (χ0v) is 9.73. The van der Waals surface area contributed by atoms with Gasteiger partial charge in [-0.25, -0.2) is 0 Å². The van der Waals surface area contributed by atoms with E-state index in [9.17, 15) is 0 Å². The van der Waals surface area contributed by atoms with Gasteiger partial charge in [-0.05, 0) is 24.8 Å². The molecule has 0 unspecified atom stereocenters. The van der Waals surface area contributed by atoms with E-state index in [1.165, 1.54) is 31.2 Å². The lowest BCUT2D eigenvalue weighted by atomic mass is 10.1. The van der Waals surface area contributed by atoms with E-state index in [2.05, 4.69) is 29.3 Å². The summed E-state index contributed by atoms with van der Waals surface area (Å²) in [6, 6.07) is 10.5. The molecule has 0 amide bonds. The molecule has 2 nitrogen and oxygen atoms in total. The summed E-state index contributed by atoms with van der Waals surface area (Å²) in [5.74, 6) is 1.45. The third kappa shape index (κ3) is 3.09. The number of hydrogen-bond acceptors (Lipinski definition) is 1. The van der Waals surface area contributed by atoms with E-state index < -0.39 is 0 Å². The van der Waals surface area contributed by atoms with Crippen LogP contribution in [0.3, 0.4) is 0 Å². The smallest absolute Gasteiger partial charge is 0.0968 e. The first-order valence-electron chi connectivity index (χ1n) is 6.20. The monoisotopic (exact) mass is 216 g/mol. The zero-order valence-electron chi connectivity index (χ0n) is 9.73. The van der Waals surface area contributed by atoms with Gasteiger partial charge in [0, 0.05) is 12.5 Å². The summed E-state index contributed by atoms with van der Waals surface area (Å²) < 4.78 is 0. The highest BCUT2D eigenvalue weighted by Gasteiger charge is 2.17. The molecule has 2 rings (SSSR count). The van der Waals surface area contributed by atoms with Crippen molar-refractivity contribution >= 4 is 5.84 Å². The van der Waals surface area contributed by atoms with Crippen LogP contribution in [0.1, 0.15) is 31.2 Å². The molecule has 16 heavy (non-hydrogen) atoms. The molecule has 0 atom stereocenters. The maximum Gasteiger partial charge on any atom is 0.0968 e. The third-order valence-corrected chi connectivity index (χ3v) is 3.31. The van der Waals surface area contributed by atoms with Gasteiger partial charge >= 0.3 is 0 Å². The van der Waals surface area contributed by atoms with Gasteiger partial charge in [0.1, 0.15) is 0 Å². The Hall–Kier alpha value is -1.31. The van der Waals surface area contributed by atoms with E-state index in [-0.39, 0.29) is 0 Å². The third-order valence-electron chi connectivity index (χ3n) is 3.31. The Morgan fingerprint density at radius 1 is 1.19 bits per heavy atom. The van der Waals surface area contributed by atoms with E-state index in [1.54, 1.807) is 0 Å². The summed E-state index contributed by atoms with van der Waals surface area (Å²) >= 11 is 0. The first-order chi connectivity index (χ1) is 7.86. The molecular weight excluding hydrogens is 196 g/mol. The average molecular weight is 216 g/mol. The van der Waals surface area contributed by atoms with Crippen molar-refractivity contribution in [2.45, 2.75) is 32.1 Å². The minimum Gasteiger partial charge on any atom is -0.387 e. The molecule has 1 fully saturated rings. The van der Waals surface area contributed by atoms with Gasteiger partial charge in [-0.15, -0.1) is 0 Å². The van der Waals surface area contributed by atoms with Crippen LogP contribution in [0.25, 0.3) is 0 Å². The maximum atomic E-state index is 5.99. The molecule has 0 aliphatic heterocycles. The van der Waals surface area contributed by atoms with Gasteiger partial charge in [-0.1, -0.05) is 43.2 Å². The van der Waals surface area contributed by atoms with Crippen LogP contribution in [0.4, 0.5) is 0 Å². The van der Waals surface area contributed by atoms with Crippen molar-refractivity contribution in [3.05, 3.63) is 35.9 Å². The number of aliphatic imine (C=N–C) groups is 1. The first-order valence-corrected chi connectivity index (χ1v) is 6.20. The van der Waals surface area contributed by atoms with Crippen LogP contribution in [0, 0.1) is 5.92 Å². The second-order valence-electron chi connectivity index (χ2n) is 4.52. The second-order valence-corrected chi connectivity index (χ2v) is 4.52. The van der Waals surface area contributed by atoms with Gasteiger partial charge in [0.2, 0.25) is 0 Å². The summed E-state index contributed by atoms with van der Waals surface area (Å²) in [6.07, 6.45) is 6.11. The van der Waals surface area contributed by atoms with Crippen molar-refractivity contribution in [2.75, 3.05) is 6.54 Å². The van der Waals surface area contributed by atoms with Crippen LogP contribution in [0.15, 0.2) is 35.3 Å². The molecule has 1 aromatic rings. The van der Waals surface area contributed by atoms with E-state index in [1.807, 2.05) is 6.07 Å². The Morgan fingerprint density at radius 2 is 1.88 bits per heavy atom. The molecule has 0 heterocycles. The van der Waals surface area contributed by atoms with Crippen LogP contribution >= 0.6 is 0 Å². The lowest BCUT2D eigenvalue weighted by Crippen LogP contribution is -2.21. The molecule has 1 saturated carbocycles. The van der Waals surface area contributed by atoms with Gasteiger partial charge in [0.15, 0.2) is 0 Å². The van der Waals surface area contributed by atoms with Crippen molar-refractivity contribution in [3.63, 3.8) is 0 Å². The Bertz CT molecular complexity index is 337. The molecule has 0 bridgehead atoms. The molecule has 1 aliphatic rings. The van der Waals surface area contributed by atoms with Gasteiger partial charge in [0.25, 0.3) is 0 Å². The summed E-state index contributed by atoms with van der Waals surface area (Å²) in [4.78, 5) is 4.50. The number of nitrogens with two attached hydrogens (primary N) is 1. The van der Waals surface area contributed by atoms with Gasteiger partial charge in [0.05, 0.1) is 5.84 Å². The fourth-order valence-corrected chi connectivity index (χ4v) is 2.31. The molecule has 0 saturated heterocycles. The van der Waals surface area contributed by atoms with E-state index in [0.717, 1.165) is 18.8 Å². The molecule has 1 aliphatic carbocycles. The summed E-state index contributed by atoms with van der Waals surface area (Å²) in [5.41, 5.74) is 7.33. The molecule has 0 aromatic heterocycles. The SMILES string of the molecule is NC(=NCCc1ccccc1)C1CCCC1. The maximum absolute atomic E-state index is 5.99. The number of rotatable bonds is 4. The van der Waals surface area contributed by atoms with Crippen molar-refractivity contribution < 1.29 is 0 Å². The fourth-order valence-electron chi connectivity index (χ4n) is 2.31. The number of nitrogens with zero attached hydrogens (tertiary/aromatic N) is 1. The summed E-state index contributed by atoms with van der Waals surface area (Å²) in [7, 11) is 0. The van der Waals surface area contributed by atoms with Crippen LogP contribution in [0.5, 0.6) is 0 Å². The predicted molar refractivity (Wildman–Crippen MR) is 68.6 cm³/mol. The second kappa shape index (κ2) is 5.69. The Balaban J connectivity index is 1.80. The van der Waals surface area contributed by atoms with E-state index in [0.29, 0.717) is 5.92 Å². The van der Waals surface area contributed by atoms with Gasteiger partial charge < -0.3 is 5.73 Å². The van der Waals surface area contributed by atoms with Gasteiger partial charge in [-0.3, -0.25) is 4.99 Å². The topological polar surface area (TPSA) is 38.4 Å². The van der Waals surface area contributed by atoms with Crippen LogP contribution < -0.4 is 5.73 Å². The Morgan fingerprint density at radius 3 is 2.56 bits per heavy atom. The van der Waals surface area contributed by atoms with Crippen molar-refractivity contribution in [2.24, 2.45) is 16.6 Å². The highest BCUT2D eigenvalue weighted by Crippen LogP contribution is 2.24. The summed E-state index contributed by atoms with van der Waals surface area (Å²) in [5, 5.41) is 0. The highest BCUT2D eigenvalue weighted by atomic mass is 14.9. The molecule has 0 spiro atoms. The normalized spacial score (nSPS) is 17.9. The van der Waals surface area contributed by atoms with Crippen LogP contribution in [0.2, 0.25) is 0 Å². The number of hydrogen-bond donors (Lipinski definition) is 1. The Labute approximate surface area is 97.6 Å². The predicted octanol–water partition coefficient (Wildman–Crippen LogP) is 2.78. The average Bonchev–Trinajstić information content (AvgIpc) is 2.84.